The Labute approximate surface area is 180 Å². The van der Waals surface area contributed by atoms with Gasteiger partial charge in [0.05, 0.1) is 25.5 Å². The molecule has 2 aromatic carbocycles. The zero-order chi connectivity index (χ0) is 22.7. The van der Waals surface area contributed by atoms with E-state index in [1.165, 1.54) is 28.1 Å². The van der Waals surface area contributed by atoms with Crippen LogP contribution in [0.4, 0.5) is 5.69 Å². The summed E-state index contributed by atoms with van der Waals surface area (Å²) in [6, 6.07) is 12.1. The number of benzene rings is 2. The molecule has 0 saturated heterocycles. The van der Waals surface area contributed by atoms with Crippen LogP contribution in [0.5, 0.6) is 0 Å². The van der Waals surface area contributed by atoms with Gasteiger partial charge >= 0.3 is 5.97 Å². The van der Waals surface area contributed by atoms with Crippen molar-refractivity contribution in [3.05, 3.63) is 64.7 Å². The van der Waals surface area contributed by atoms with Gasteiger partial charge in [-0.15, -0.1) is 0 Å². The van der Waals surface area contributed by atoms with Gasteiger partial charge in [-0.25, -0.2) is 4.90 Å². The number of rotatable bonds is 6. The number of carbonyl (C=O) groups excluding carboxylic acids is 4. The van der Waals surface area contributed by atoms with E-state index in [-0.39, 0.29) is 23.7 Å². The summed E-state index contributed by atoms with van der Waals surface area (Å²) in [5, 5.41) is 0. The molecule has 0 fully saturated rings. The van der Waals surface area contributed by atoms with Crippen LogP contribution in [0, 0.1) is 0 Å². The van der Waals surface area contributed by atoms with E-state index in [2.05, 4.69) is 4.74 Å². The van der Waals surface area contributed by atoms with Crippen molar-refractivity contribution in [2.45, 2.75) is 26.7 Å². The maximum absolute atomic E-state index is 13.2. The number of ether oxygens (including phenoxy) is 2. The number of carbonyl (C=O) groups is 4. The lowest BCUT2D eigenvalue weighted by atomic mass is 9.98. The molecule has 0 aliphatic carbocycles. The van der Waals surface area contributed by atoms with Crippen molar-refractivity contribution in [2.75, 3.05) is 19.1 Å². The summed E-state index contributed by atoms with van der Waals surface area (Å²) in [4.78, 5) is 49.6. The Morgan fingerprint density at radius 2 is 1.55 bits per heavy atom. The second kappa shape index (κ2) is 8.95. The van der Waals surface area contributed by atoms with E-state index in [4.69, 9.17) is 4.74 Å². The van der Waals surface area contributed by atoms with Crippen molar-refractivity contribution in [2.24, 2.45) is 0 Å². The van der Waals surface area contributed by atoms with Crippen molar-refractivity contribution < 1.29 is 28.7 Å². The molecular weight excluding hydrogens is 398 g/mol. The van der Waals surface area contributed by atoms with E-state index in [9.17, 15) is 19.2 Å². The van der Waals surface area contributed by atoms with Crippen LogP contribution in [0.15, 0.2) is 42.5 Å². The number of hydrogen-bond acceptors (Lipinski definition) is 6. The molecule has 0 unspecified atom stereocenters. The highest BCUT2D eigenvalue weighted by molar-refractivity contribution is 6.43. The highest BCUT2D eigenvalue weighted by atomic mass is 16.5. The Bertz CT molecular complexity index is 1100. The first-order chi connectivity index (χ1) is 14.8. The molecule has 0 spiro atoms. The van der Waals surface area contributed by atoms with Crippen molar-refractivity contribution in [1.82, 2.24) is 0 Å². The van der Waals surface area contributed by atoms with E-state index in [1.807, 2.05) is 12.1 Å². The van der Waals surface area contributed by atoms with Crippen LogP contribution in [0.1, 0.15) is 47.3 Å². The van der Waals surface area contributed by atoms with E-state index >= 15 is 0 Å². The number of imide groups is 1. The van der Waals surface area contributed by atoms with Gasteiger partial charge in [0, 0.05) is 30.0 Å². The topological polar surface area (TPSA) is 90.0 Å². The van der Waals surface area contributed by atoms with Gasteiger partial charge in [-0.1, -0.05) is 24.3 Å². The Morgan fingerprint density at radius 1 is 0.903 bits per heavy atom. The number of aryl methyl sites for hydroxylation is 1. The van der Waals surface area contributed by atoms with Gasteiger partial charge in [-0.3, -0.25) is 19.2 Å². The quantitative estimate of drug-likeness (QED) is 0.307. The minimum Gasteiger partial charge on any atom is -0.495 e. The second-order valence-electron chi connectivity index (χ2n) is 7.13. The second-order valence-corrected chi connectivity index (χ2v) is 7.13. The van der Waals surface area contributed by atoms with Gasteiger partial charge in [0.1, 0.15) is 5.76 Å². The lowest BCUT2D eigenvalue weighted by Gasteiger charge is -2.13. The molecule has 0 bridgehead atoms. The van der Waals surface area contributed by atoms with Crippen LogP contribution < -0.4 is 4.90 Å². The largest absolute Gasteiger partial charge is 0.495 e. The number of hydrogen-bond donors (Lipinski definition) is 0. The van der Waals surface area contributed by atoms with Crippen LogP contribution in [0.25, 0.3) is 11.3 Å². The fourth-order valence-electron chi connectivity index (χ4n) is 3.55. The number of esters is 1. The number of nitrogens with zero attached hydrogens (tertiary/aromatic N) is 1. The number of fused-ring (bicyclic) bond motifs is 1. The van der Waals surface area contributed by atoms with Crippen molar-refractivity contribution >= 4 is 40.6 Å². The molecule has 0 aromatic heterocycles. The van der Waals surface area contributed by atoms with Crippen molar-refractivity contribution in [3.8, 4) is 0 Å². The molecule has 1 heterocycles. The third kappa shape index (κ3) is 4.26. The van der Waals surface area contributed by atoms with Crippen LogP contribution in [0.3, 0.4) is 0 Å². The molecule has 0 saturated carbocycles. The molecule has 1 aliphatic heterocycles. The van der Waals surface area contributed by atoms with Crippen LogP contribution in [-0.4, -0.2) is 37.8 Å². The maximum atomic E-state index is 13.2. The number of anilines is 1. The monoisotopic (exact) mass is 421 g/mol. The summed E-state index contributed by atoms with van der Waals surface area (Å²) in [6.45, 7) is 2.75. The van der Waals surface area contributed by atoms with Gasteiger partial charge in [0.15, 0.2) is 5.78 Å². The zero-order valence-electron chi connectivity index (χ0n) is 17.9. The van der Waals surface area contributed by atoms with Gasteiger partial charge in [-0.05, 0) is 37.1 Å². The highest BCUT2D eigenvalue weighted by Crippen LogP contribution is 2.41. The Morgan fingerprint density at radius 3 is 2.10 bits per heavy atom. The Balaban J connectivity index is 2.09. The van der Waals surface area contributed by atoms with E-state index in [1.54, 1.807) is 30.3 Å². The molecule has 0 radical (unpaired) electrons. The summed E-state index contributed by atoms with van der Waals surface area (Å²) in [5.41, 5.74) is 3.11. The lowest BCUT2D eigenvalue weighted by Crippen LogP contribution is -2.31. The first-order valence-corrected chi connectivity index (χ1v) is 9.73. The molecular formula is C24H23NO6. The number of Topliss-reactive ketones (excluding diaryl/α,β-unsaturated/α-hetero) is 1. The number of amides is 2. The van der Waals surface area contributed by atoms with E-state index in [0.717, 1.165) is 10.5 Å². The van der Waals surface area contributed by atoms with Crippen LogP contribution in [0.2, 0.25) is 0 Å². The molecule has 7 heteroatoms. The van der Waals surface area contributed by atoms with Crippen LogP contribution >= 0.6 is 0 Å². The minimum atomic E-state index is -0.505. The molecule has 1 aliphatic rings. The number of ketones is 1. The molecule has 31 heavy (non-hydrogen) atoms. The van der Waals surface area contributed by atoms with Gasteiger partial charge in [0.25, 0.3) is 5.91 Å². The molecule has 160 valence electrons. The molecule has 3 rings (SSSR count). The average Bonchev–Trinajstić information content (AvgIpc) is 3.04. The van der Waals surface area contributed by atoms with Gasteiger partial charge in [0.2, 0.25) is 5.91 Å². The minimum absolute atomic E-state index is 0.148. The van der Waals surface area contributed by atoms with Gasteiger partial charge < -0.3 is 9.47 Å². The smallest absolute Gasteiger partial charge is 0.305 e. The molecule has 7 nitrogen and oxygen atoms in total. The number of methoxy groups -OCH3 is 2. The summed E-state index contributed by atoms with van der Waals surface area (Å²) in [7, 11) is 2.80. The molecule has 0 atom stereocenters. The average molecular weight is 421 g/mol. The first-order valence-electron chi connectivity index (χ1n) is 9.73. The van der Waals surface area contributed by atoms with Crippen molar-refractivity contribution in [1.29, 1.82) is 0 Å². The van der Waals surface area contributed by atoms with E-state index in [0.29, 0.717) is 34.6 Å². The Hall–Kier alpha value is -3.74. The van der Waals surface area contributed by atoms with Crippen molar-refractivity contribution in [3.63, 3.8) is 0 Å². The zero-order valence-corrected chi connectivity index (χ0v) is 17.9. The molecule has 2 amide bonds. The summed E-state index contributed by atoms with van der Waals surface area (Å²) >= 11 is 0. The fraction of sp³-hybridized carbons (Fsp3) is 0.250. The molecule has 2 aromatic rings. The summed E-state index contributed by atoms with van der Waals surface area (Å²) in [6.07, 6.45) is 0.787. The maximum Gasteiger partial charge on any atom is 0.305 e. The lowest BCUT2D eigenvalue weighted by molar-refractivity contribution is -0.140. The SMILES string of the molecule is COC(=O)CCc1ccc(/C(OC)=C2/C(=O)N(C(C)=O)c3ccc(C(C)=O)cc32)cc1. The van der Waals surface area contributed by atoms with Crippen LogP contribution in [-0.2, 0) is 30.3 Å². The third-order valence-electron chi connectivity index (χ3n) is 5.14. The first kappa shape index (κ1) is 22.0. The predicted octanol–water partition coefficient (Wildman–Crippen LogP) is 3.40. The fourth-order valence-corrected chi connectivity index (χ4v) is 3.55. The Kier molecular flexibility index (Phi) is 6.34. The van der Waals surface area contributed by atoms with E-state index < -0.39 is 11.8 Å². The summed E-state index contributed by atoms with van der Waals surface area (Å²) in [5.74, 6) is -1.07. The highest BCUT2D eigenvalue weighted by Gasteiger charge is 2.38. The standard InChI is InChI=1S/C24H23NO6/c1-14(26)18-10-11-20-19(13-18)22(24(29)25(20)15(2)27)23(31-4)17-8-5-16(6-9-17)7-12-21(28)30-3/h5-6,8-11,13H,7,12H2,1-4H3/b23-22-. The molecule has 0 N–H and O–H groups in total. The predicted molar refractivity (Wildman–Crippen MR) is 115 cm³/mol. The summed E-state index contributed by atoms with van der Waals surface area (Å²) < 4.78 is 10.3. The van der Waals surface area contributed by atoms with Gasteiger partial charge in [-0.2, -0.15) is 0 Å². The normalized spacial score (nSPS) is 14.2. The third-order valence-corrected chi connectivity index (χ3v) is 5.14.